The molecule has 0 atom stereocenters. The Kier molecular flexibility index (Phi) is 5.01. The normalized spacial score (nSPS) is 11.0. The summed E-state index contributed by atoms with van der Waals surface area (Å²) in [6.45, 7) is 0. The molecule has 0 bridgehead atoms. The summed E-state index contributed by atoms with van der Waals surface area (Å²) >= 11 is 4.79. The predicted molar refractivity (Wildman–Crippen MR) is 82.5 cm³/mol. The molecule has 0 aliphatic carbocycles. The minimum absolute atomic E-state index is 0.0161. The number of thiocarbonyl (C=S) groups is 1. The molecular weight excluding hydrogens is 332 g/mol. The molecule has 0 fully saturated rings. The van der Waals surface area contributed by atoms with Crippen LogP contribution in [0, 0.1) is 11.6 Å². The zero-order valence-corrected chi connectivity index (χ0v) is 12.6. The van der Waals surface area contributed by atoms with Gasteiger partial charge in [0.2, 0.25) is 0 Å². The van der Waals surface area contributed by atoms with Gasteiger partial charge in [0.15, 0.2) is 5.11 Å². The van der Waals surface area contributed by atoms with E-state index >= 15 is 0 Å². The van der Waals surface area contributed by atoms with Crippen molar-refractivity contribution in [3.05, 3.63) is 60.2 Å². The van der Waals surface area contributed by atoms with E-state index in [1.807, 2.05) is 4.83 Å². The zero-order chi connectivity index (χ0) is 16.2. The Morgan fingerprint density at radius 2 is 1.55 bits per heavy atom. The van der Waals surface area contributed by atoms with Crippen LogP contribution in [-0.2, 0) is 10.0 Å². The van der Waals surface area contributed by atoms with E-state index < -0.39 is 27.3 Å². The summed E-state index contributed by atoms with van der Waals surface area (Å²) in [6.07, 6.45) is 0. The summed E-state index contributed by atoms with van der Waals surface area (Å²) in [5, 5.41) is 1.94. The molecule has 0 saturated carbocycles. The van der Waals surface area contributed by atoms with Crippen molar-refractivity contribution >= 4 is 33.0 Å². The number of hydrogen-bond donors (Lipinski definition) is 3. The van der Waals surface area contributed by atoms with Gasteiger partial charge in [-0.3, -0.25) is 5.43 Å². The molecule has 2 aromatic rings. The van der Waals surface area contributed by atoms with Crippen molar-refractivity contribution in [1.82, 2.24) is 10.3 Å². The topological polar surface area (TPSA) is 70.2 Å². The summed E-state index contributed by atoms with van der Waals surface area (Å²) in [6, 6.07) is 10.8. The smallest absolute Gasteiger partial charge is 0.257 e. The van der Waals surface area contributed by atoms with Crippen LogP contribution in [0.4, 0.5) is 14.5 Å². The van der Waals surface area contributed by atoms with Crippen LogP contribution in [0.1, 0.15) is 0 Å². The third-order valence-corrected chi connectivity index (χ3v) is 4.02. The molecule has 0 aliphatic rings. The van der Waals surface area contributed by atoms with Gasteiger partial charge in [0.1, 0.15) is 17.3 Å². The van der Waals surface area contributed by atoms with Gasteiger partial charge < -0.3 is 5.32 Å². The highest BCUT2D eigenvalue weighted by molar-refractivity contribution is 7.89. The van der Waals surface area contributed by atoms with Gasteiger partial charge in [-0.15, -0.1) is 4.83 Å². The van der Waals surface area contributed by atoms with Crippen LogP contribution in [-0.4, -0.2) is 13.5 Å². The van der Waals surface area contributed by atoms with Crippen LogP contribution in [0.3, 0.4) is 0 Å². The maximum atomic E-state index is 13.4. The number of anilines is 1. The third-order valence-electron chi connectivity index (χ3n) is 2.55. The molecule has 3 N–H and O–H groups in total. The molecule has 0 saturated heterocycles. The number of hydrazine groups is 1. The van der Waals surface area contributed by atoms with Gasteiger partial charge in [-0.25, -0.2) is 17.2 Å². The van der Waals surface area contributed by atoms with Crippen molar-refractivity contribution in [3.8, 4) is 0 Å². The number of nitrogens with one attached hydrogen (secondary N) is 3. The van der Waals surface area contributed by atoms with E-state index in [0.29, 0.717) is 0 Å². The molecule has 116 valence electrons. The fourth-order valence-corrected chi connectivity index (χ4v) is 2.62. The summed E-state index contributed by atoms with van der Waals surface area (Å²) in [7, 11) is -3.84. The van der Waals surface area contributed by atoms with Crippen molar-refractivity contribution < 1.29 is 17.2 Å². The Balaban J connectivity index is 2.02. The van der Waals surface area contributed by atoms with Crippen LogP contribution in [0.5, 0.6) is 0 Å². The van der Waals surface area contributed by atoms with E-state index in [1.54, 1.807) is 18.2 Å². The molecule has 0 aliphatic heterocycles. The predicted octanol–water partition coefficient (Wildman–Crippen LogP) is 2.14. The van der Waals surface area contributed by atoms with E-state index in [2.05, 4.69) is 10.7 Å². The second-order valence-corrected chi connectivity index (χ2v) is 6.18. The van der Waals surface area contributed by atoms with Crippen LogP contribution < -0.4 is 15.6 Å². The van der Waals surface area contributed by atoms with Crippen LogP contribution in [0.25, 0.3) is 0 Å². The molecule has 0 heterocycles. The lowest BCUT2D eigenvalue weighted by Crippen LogP contribution is -2.43. The molecule has 0 spiro atoms. The first-order valence-corrected chi connectivity index (χ1v) is 7.87. The molecule has 5 nitrogen and oxygen atoms in total. The van der Waals surface area contributed by atoms with Crippen molar-refractivity contribution in [2.24, 2.45) is 0 Å². The molecule has 0 aromatic heterocycles. The molecule has 2 rings (SSSR count). The third kappa shape index (κ3) is 3.97. The SMILES string of the molecule is O=S(=O)(NNC(=S)Nc1c(F)cccc1F)c1ccccc1. The number of sulfonamides is 1. The number of halogens is 2. The first-order valence-electron chi connectivity index (χ1n) is 5.98. The Morgan fingerprint density at radius 1 is 0.955 bits per heavy atom. The van der Waals surface area contributed by atoms with E-state index in [-0.39, 0.29) is 10.0 Å². The molecular formula is C13H11F2N3O2S2. The largest absolute Gasteiger partial charge is 0.327 e. The molecule has 0 amide bonds. The molecule has 22 heavy (non-hydrogen) atoms. The fraction of sp³-hybridized carbons (Fsp3) is 0. The quantitative estimate of drug-likeness (QED) is 0.586. The Hall–Kier alpha value is -2.10. The Morgan fingerprint density at radius 3 is 2.14 bits per heavy atom. The van der Waals surface area contributed by atoms with E-state index in [9.17, 15) is 17.2 Å². The first-order chi connectivity index (χ1) is 10.4. The Bertz CT molecular complexity index is 763. The maximum absolute atomic E-state index is 13.4. The summed E-state index contributed by atoms with van der Waals surface area (Å²) in [5.74, 6) is -1.70. The molecule has 2 aromatic carbocycles. The minimum atomic E-state index is -3.84. The fourth-order valence-electron chi connectivity index (χ4n) is 1.53. The van der Waals surface area contributed by atoms with Crippen molar-refractivity contribution in [2.75, 3.05) is 5.32 Å². The average molecular weight is 343 g/mol. The van der Waals surface area contributed by atoms with Gasteiger partial charge >= 0.3 is 0 Å². The van der Waals surface area contributed by atoms with Crippen LogP contribution >= 0.6 is 12.2 Å². The second kappa shape index (κ2) is 6.77. The van der Waals surface area contributed by atoms with Gasteiger partial charge in [-0.05, 0) is 36.5 Å². The van der Waals surface area contributed by atoms with Crippen LogP contribution in [0.15, 0.2) is 53.4 Å². The standard InChI is InChI=1S/C13H11F2N3O2S2/c14-10-7-4-8-11(15)12(10)16-13(21)17-18-22(19,20)9-5-2-1-3-6-9/h1-8,18H,(H2,16,17,21). The molecule has 9 heteroatoms. The first kappa shape index (κ1) is 16.3. The summed E-state index contributed by atoms with van der Waals surface area (Å²) in [4.78, 5) is 2.02. The van der Waals surface area contributed by atoms with E-state index in [4.69, 9.17) is 12.2 Å². The van der Waals surface area contributed by atoms with Crippen molar-refractivity contribution in [1.29, 1.82) is 0 Å². The lowest BCUT2D eigenvalue weighted by Gasteiger charge is -2.13. The maximum Gasteiger partial charge on any atom is 0.257 e. The van der Waals surface area contributed by atoms with E-state index in [1.165, 1.54) is 18.2 Å². The highest BCUT2D eigenvalue weighted by Crippen LogP contribution is 2.17. The second-order valence-electron chi connectivity index (χ2n) is 4.09. The zero-order valence-electron chi connectivity index (χ0n) is 11.0. The number of hydrogen-bond acceptors (Lipinski definition) is 3. The lowest BCUT2D eigenvalue weighted by atomic mass is 10.3. The number of rotatable bonds is 4. The van der Waals surface area contributed by atoms with Gasteiger partial charge in [0, 0.05) is 0 Å². The highest BCUT2D eigenvalue weighted by Gasteiger charge is 2.14. The minimum Gasteiger partial charge on any atom is -0.327 e. The molecule has 0 radical (unpaired) electrons. The summed E-state index contributed by atoms with van der Waals surface area (Å²) < 4.78 is 50.7. The summed E-state index contributed by atoms with van der Waals surface area (Å²) in [5.41, 5.74) is 1.70. The Labute approximate surface area is 131 Å². The van der Waals surface area contributed by atoms with Crippen molar-refractivity contribution in [2.45, 2.75) is 4.90 Å². The van der Waals surface area contributed by atoms with Gasteiger partial charge in [0.05, 0.1) is 4.90 Å². The van der Waals surface area contributed by atoms with Gasteiger partial charge in [0.25, 0.3) is 10.0 Å². The molecule has 0 unspecified atom stereocenters. The number of para-hydroxylation sites is 1. The lowest BCUT2D eigenvalue weighted by molar-refractivity contribution is 0.577. The van der Waals surface area contributed by atoms with Crippen LogP contribution in [0.2, 0.25) is 0 Å². The van der Waals surface area contributed by atoms with E-state index in [0.717, 1.165) is 12.1 Å². The highest BCUT2D eigenvalue weighted by atomic mass is 32.2. The van der Waals surface area contributed by atoms with Gasteiger partial charge in [-0.1, -0.05) is 24.3 Å². The average Bonchev–Trinajstić information content (AvgIpc) is 2.50. The van der Waals surface area contributed by atoms with Gasteiger partial charge in [-0.2, -0.15) is 0 Å². The van der Waals surface area contributed by atoms with Crippen molar-refractivity contribution in [3.63, 3.8) is 0 Å². The number of benzene rings is 2. The monoisotopic (exact) mass is 343 g/mol.